The Kier molecular flexibility index (Phi) is 14.1. The summed E-state index contributed by atoms with van der Waals surface area (Å²) < 4.78 is 0. The molecule has 0 heterocycles. The maximum Gasteiger partial charge on any atom is 0.303 e. The summed E-state index contributed by atoms with van der Waals surface area (Å²) in [6, 6.07) is 1.95. The summed E-state index contributed by atoms with van der Waals surface area (Å²) in [5, 5.41) is 32.4. The molecule has 0 saturated carbocycles. The van der Waals surface area contributed by atoms with E-state index < -0.39 is 17.9 Å². The number of nitrogens with zero attached hydrogens (tertiary/aromatic N) is 1. The molecule has 0 fully saturated rings. The highest BCUT2D eigenvalue weighted by atomic mass is 16.4. The summed E-state index contributed by atoms with van der Waals surface area (Å²) in [4.78, 5) is 29.7. The molecular weight excluding hydrogens is 254 g/mol. The van der Waals surface area contributed by atoms with E-state index in [0.717, 1.165) is 0 Å². The van der Waals surface area contributed by atoms with Crippen molar-refractivity contribution in [2.24, 2.45) is 0 Å². The molecule has 0 bridgehead atoms. The monoisotopic (exact) mass is 273 g/mol. The van der Waals surface area contributed by atoms with Crippen molar-refractivity contribution in [3.05, 3.63) is 0 Å². The summed E-state index contributed by atoms with van der Waals surface area (Å²) in [5.41, 5.74) is 0. The van der Waals surface area contributed by atoms with E-state index in [0.29, 0.717) is 32.1 Å². The van der Waals surface area contributed by atoms with E-state index in [2.05, 4.69) is 0 Å². The average Bonchev–Trinajstić information content (AvgIpc) is 2.30. The van der Waals surface area contributed by atoms with E-state index in [9.17, 15) is 14.4 Å². The molecule has 0 spiro atoms. The minimum atomic E-state index is -0.870. The number of carboxylic acid groups (broad SMARTS) is 3. The quantitative estimate of drug-likeness (QED) is 0.545. The Morgan fingerprint density at radius 3 is 1.32 bits per heavy atom. The summed E-state index contributed by atoms with van der Waals surface area (Å²) >= 11 is 0. The molecule has 0 unspecified atom stereocenters. The molecule has 0 aliphatic heterocycles. The van der Waals surface area contributed by atoms with E-state index in [1.165, 1.54) is 0 Å². The molecule has 0 aromatic rings. The fourth-order valence-corrected chi connectivity index (χ4v) is 1.03. The second-order valence-corrected chi connectivity index (χ2v) is 3.75. The maximum absolute atomic E-state index is 9.90. The molecule has 0 aliphatic carbocycles. The van der Waals surface area contributed by atoms with Crippen LogP contribution in [0.4, 0.5) is 0 Å². The van der Waals surface area contributed by atoms with E-state index in [-0.39, 0.29) is 19.3 Å². The van der Waals surface area contributed by atoms with E-state index >= 15 is 0 Å². The molecule has 0 aliphatic rings. The normalized spacial score (nSPS) is 8.79. The third kappa shape index (κ3) is 25.9. The molecule has 0 atom stereocenters. The zero-order chi connectivity index (χ0) is 15.1. The predicted octanol–water partition coefficient (Wildman–Crippen LogP) is 1.87. The van der Waals surface area contributed by atoms with Crippen LogP contribution in [0.2, 0.25) is 0 Å². The van der Waals surface area contributed by atoms with Gasteiger partial charge >= 0.3 is 17.9 Å². The van der Waals surface area contributed by atoms with E-state index in [1.807, 2.05) is 6.07 Å². The average molecular weight is 273 g/mol. The van der Waals surface area contributed by atoms with Gasteiger partial charge in [-0.15, -0.1) is 0 Å². The SMILES string of the molecule is N#CCCCCC(=O)O.O=C(O)CCCCC(=O)O. The molecule has 108 valence electrons. The van der Waals surface area contributed by atoms with Crippen molar-refractivity contribution in [2.75, 3.05) is 0 Å². The van der Waals surface area contributed by atoms with Crippen molar-refractivity contribution in [1.82, 2.24) is 0 Å². The van der Waals surface area contributed by atoms with E-state index in [1.54, 1.807) is 0 Å². The number of unbranched alkanes of at least 4 members (excludes halogenated alkanes) is 3. The third-order valence-corrected chi connectivity index (χ3v) is 1.96. The lowest BCUT2D eigenvalue weighted by atomic mass is 10.2. The van der Waals surface area contributed by atoms with Gasteiger partial charge in [-0.05, 0) is 25.7 Å². The zero-order valence-corrected chi connectivity index (χ0v) is 10.7. The largest absolute Gasteiger partial charge is 0.481 e. The van der Waals surface area contributed by atoms with Crippen molar-refractivity contribution in [1.29, 1.82) is 5.26 Å². The van der Waals surface area contributed by atoms with Gasteiger partial charge in [0.1, 0.15) is 0 Å². The second-order valence-electron chi connectivity index (χ2n) is 3.75. The number of carbonyl (C=O) groups is 3. The van der Waals surface area contributed by atoms with Gasteiger partial charge in [0.15, 0.2) is 0 Å². The molecule has 0 rings (SSSR count). The van der Waals surface area contributed by atoms with Crippen LogP contribution in [0.3, 0.4) is 0 Å². The molecule has 7 heteroatoms. The van der Waals surface area contributed by atoms with Gasteiger partial charge in [0.05, 0.1) is 6.07 Å². The number of aliphatic carboxylic acids is 3. The predicted molar refractivity (Wildman–Crippen MR) is 65.5 cm³/mol. The summed E-state index contributed by atoms with van der Waals surface area (Å²) in [7, 11) is 0. The lowest BCUT2D eigenvalue weighted by molar-refractivity contribution is -0.139. The standard InChI is InChI=1S/C6H9NO2.C6H10O4/c7-5-3-1-2-4-6(8)9;7-5(8)3-1-2-4-6(9)10/h1-4H2,(H,8,9);1-4H2,(H,7,8)(H,9,10). The minimum absolute atomic E-state index is 0.0628. The molecule has 3 N–H and O–H groups in total. The van der Waals surface area contributed by atoms with Crippen LogP contribution in [0.1, 0.15) is 51.4 Å². The van der Waals surface area contributed by atoms with Crippen LogP contribution in [-0.4, -0.2) is 33.2 Å². The lowest BCUT2D eigenvalue weighted by Gasteiger charge is -1.92. The van der Waals surface area contributed by atoms with Crippen molar-refractivity contribution < 1.29 is 29.7 Å². The third-order valence-electron chi connectivity index (χ3n) is 1.96. The fraction of sp³-hybridized carbons (Fsp3) is 0.667. The number of hydrogen-bond acceptors (Lipinski definition) is 4. The molecule has 0 radical (unpaired) electrons. The van der Waals surface area contributed by atoms with Crippen LogP contribution in [0, 0.1) is 11.3 Å². The van der Waals surface area contributed by atoms with Gasteiger partial charge in [-0.2, -0.15) is 5.26 Å². The number of carboxylic acids is 3. The molecule has 0 aromatic carbocycles. The highest BCUT2D eigenvalue weighted by Crippen LogP contribution is 1.98. The number of rotatable bonds is 9. The minimum Gasteiger partial charge on any atom is -0.481 e. The van der Waals surface area contributed by atoms with Gasteiger partial charge in [0.2, 0.25) is 0 Å². The molecule has 19 heavy (non-hydrogen) atoms. The first-order valence-corrected chi connectivity index (χ1v) is 5.92. The van der Waals surface area contributed by atoms with Gasteiger partial charge < -0.3 is 15.3 Å². The summed E-state index contributed by atoms with van der Waals surface area (Å²) in [6.07, 6.45) is 2.98. The van der Waals surface area contributed by atoms with E-state index in [4.69, 9.17) is 20.6 Å². The molecule has 0 amide bonds. The summed E-state index contributed by atoms with van der Waals surface area (Å²) in [6.45, 7) is 0. The fourth-order valence-electron chi connectivity index (χ4n) is 1.03. The Bertz CT molecular complexity index is 305. The van der Waals surface area contributed by atoms with Crippen molar-refractivity contribution in [2.45, 2.75) is 51.4 Å². The highest BCUT2D eigenvalue weighted by Gasteiger charge is 1.99. The van der Waals surface area contributed by atoms with Crippen molar-refractivity contribution in [3.63, 3.8) is 0 Å². The first-order valence-electron chi connectivity index (χ1n) is 5.92. The van der Waals surface area contributed by atoms with Gasteiger partial charge in [-0.3, -0.25) is 14.4 Å². The van der Waals surface area contributed by atoms with Gasteiger partial charge in [0.25, 0.3) is 0 Å². The molecule has 0 saturated heterocycles. The Morgan fingerprint density at radius 1 is 0.737 bits per heavy atom. The first kappa shape index (κ1) is 19.2. The Balaban J connectivity index is 0. The Morgan fingerprint density at radius 2 is 1.05 bits per heavy atom. The van der Waals surface area contributed by atoms with Gasteiger partial charge in [-0.25, -0.2) is 0 Å². The molecule has 7 nitrogen and oxygen atoms in total. The Hall–Kier alpha value is -2.10. The molecular formula is C12H19NO6. The van der Waals surface area contributed by atoms with Crippen molar-refractivity contribution in [3.8, 4) is 6.07 Å². The smallest absolute Gasteiger partial charge is 0.303 e. The molecule has 0 aromatic heterocycles. The van der Waals surface area contributed by atoms with Gasteiger partial charge in [-0.1, -0.05) is 0 Å². The first-order chi connectivity index (χ1) is 8.90. The number of hydrogen-bond donors (Lipinski definition) is 3. The number of nitriles is 1. The van der Waals surface area contributed by atoms with Crippen LogP contribution in [0.25, 0.3) is 0 Å². The van der Waals surface area contributed by atoms with Crippen LogP contribution >= 0.6 is 0 Å². The lowest BCUT2D eigenvalue weighted by Crippen LogP contribution is -1.97. The van der Waals surface area contributed by atoms with Gasteiger partial charge in [0, 0.05) is 25.7 Å². The van der Waals surface area contributed by atoms with Crippen LogP contribution in [-0.2, 0) is 14.4 Å². The highest BCUT2D eigenvalue weighted by molar-refractivity contribution is 5.68. The second kappa shape index (κ2) is 14.0. The zero-order valence-electron chi connectivity index (χ0n) is 10.7. The van der Waals surface area contributed by atoms with Crippen molar-refractivity contribution >= 4 is 17.9 Å². The van der Waals surface area contributed by atoms with Crippen LogP contribution in [0.15, 0.2) is 0 Å². The maximum atomic E-state index is 9.90. The topological polar surface area (TPSA) is 136 Å². The Labute approximate surface area is 111 Å². The van der Waals surface area contributed by atoms with Crippen LogP contribution in [0.5, 0.6) is 0 Å². The van der Waals surface area contributed by atoms with Crippen LogP contribution < -0.4 is 0 Å². The summed E-state index contributed by atoms with van der Waals surface area (Å²) in [5.74, 6) is -2.52.